The summed E-state index contributed by atoms with van der Waals surface area (Å²) < 4.78 is 5.20. The summed E-state index contributed by atoms with van der Waals surface area (Å²) in [6.45, 7) is 1.15. The molecule has 2 N–H and O–H groups in total. The Labute approximate surface area is 140 Å². The van der Waals surface area contributed by atoms with Crippen molar-refractivity contribution in [1.29, 1.82) is 0 Å². The van der Waals surface area contributed by atoms with Gasteiger partial charge >= 0.3 is 5.97 Å². The zero-order chi connectivity index (χ0) is 16.9. The zero-order valence-electron chi connectivity index (χ0n) is 13.4. The number of aliphatic carboxylic acids is 1. The van der Waals surface area contributed by atoms with Gasteiger partial charge in [-0.05, 0) is 29.2 Å². The van der Waals surface area contributed by atoms with Crippen LogP contribution in [0.5, 0.6) is 0 Å². The number of carbonyl (C=O) groups is 2. The highest BCUT2D eigenvalue weighted by atomic mass is 16.5. The fourth-order valence-electron chi connectivity index (χ4n) is 3.09. The van der Waals surface area contributed by atoms with Gasteiger partial charge in [0.1, 0.15) is 0 Å². The highest BCUT2D eigenvalue weighted by Crippen LogP contribution is 2.21. The van der Waals surface area contributed by atoms with Crippen molar-refractivity contribution in [2.45, 2.75) is 12.8 Å². The second kappa shape index (κ2) is 7.45. The van der Waals surface area contributed by atoms with E-state index in [1.54, 1.807) is 0 Å². The lowest BCUT2D eigenvalue weighted by Crippen LogP contribution is -2.37. The minimum Gasteiger partial charge on any atom is -0.481 e. The van der Waals surface area contributed by atoms with Crippen LogP contribution in [0.25, 0.3) is 10.8 Å². The Morgan fingerprint density at radius 2 is 2.00 bits per heavy atom. The Bertz CT molecular complexity index is 732. The van der Waals surface area contributed by atoms with E-state index in [1.165, 1.54) is 0 Å². The molecule has 1 heterocycles. The van der Waals surface area contributed by atoms with Gasteiger partial charge in [0.2, 0.25) is 5.91 Å². The number of nitrogens with one attached hydrogen (secondary N) is 1. The summed E-state index contributed by atoms with van der Waals surface area (Å²) in [7, 11) is 0. The predicted octanol–water partition coefficient (Wildman–Crippen LogP) is 2.24. The second-order valence-corrected chi connectivity index (χ2v) is 6.18. The Hall–Kier alpha value is -2.40. The average molecular weight is 327 g/mol. The smallest absolute Gasteiger partial charge is 0.308 e. The molecule has 1 amide bonds. The molecule has 24 heavy (non-hydrogen) atoms. The number of ether oxygens (including phenoxy) is 1. The SMILES string of the molecule is O=C(O)C(CNC(=O)C1CCOC1)Cc1cccc2ccccc12. The molecule has 0 bridgehead atoms. The summed E-state index contributed by atoms with van der Waals surface area (Å²) in [4.78, 5) is 23.7. The topological polar surface area (TPSA) is 75.6 Å². The third kappa shape index (κ3) is 3.74. The van der Waals surface area contributed by atoms with Crippen LogP contribution in [-0.4, -0.2) is 36.7 Å². The second-order valence-electron chi connectivity index (χ2n) is 6.18. The third-order valence-electron chi connectivity index (χ3n) is 4.52. The molecule has 1 fully saturated rings. The van der Waals surface area contributed by atoms with E-state index >= 15 is 0 Å². The molecule has 5 nitrogen and oxygen atoms in total. The molecule has 2 aromatic rings. The largest absolute Gasteiger partial charge is 0.481 e. The van der Waals surface area contributed by atoms with Crippen molar-refractivity contribution in [2.24, 2.45) is 11.8 Å². The standard InChI is InChI=1S/C19H21NO4/c21-18(15-8-9-24-12-15)20-11-16(19(22)23)10-14-6-3-5-13-4-1-2-7-17(13)14/h1-7,15-16H,8-12H2,(H,20,21)(H,22,23). The van der Waals surface area contributed by atoms with Gasteiger partial charge in [-0.1, -0.05) is 42.5 Å². The maximum atomic E-state index is 12.1. The van der Waals surface area contributed by atoms with Gasteiger partial charge in [-0.15, -0.1) is 0 Å². The van der Waals surface area contributed by atoms with Crippen LogP contribution in [0.15, 0.2) is 42.5 Å². The van der Waals surface area contributed by atoms with Crippen LogP contribution in [-0.2, 0) is 20.7 Å². The Kier molecular flexibility index (Phi) is 5.11. The fraction of sp³-hybridized carbons (Fsp3) is 0.368. The van der Waals surface area contributed by atoms with Gasteiger partial charge in [-0.3, -0.25) is 9.59 Å². The van der Waals surface area contributed by atoms with Crippen LogP contribution in [0.1, 0.15) is 12.0 Å². The van der Waals surface area contributed by atoms with Gasteiger partial charge in [0.05, 0.1) is 18.4 Å². The number of amides is 1. The van der Waals surface area contributed by atoms with Crippen molar-refractivity contribution in [1.82, 2.24) is 5.32 Å². The number of carboxylic acids is 1. The number of rotatable bonds is 6. The third-order valence-corrected chi connectivity index (χ3v) is 4.52. The minimum absolute atomic E-state index is 0.114. The van der Waals surface area contributed by atoms with E-state index in [0.717, 1.165) is 16.3 Å². The summed E-state index contributed by atoms with van der Waals surface area (Å²) in [5.41, 5.74) is 0.985. The van der Waals surface area contributed by atoms with Gasteiger partial charge in [-0.2, -0.15) is 0 Å². The number of fused-ring (bicyclic) bond motifs is 1. The summed E-state index contributed by atoms with van der Waals surface area (Å²) in [6, 6.07) is 13.8. The van der Waals surface area contributed by atoms with Crippen molar-refractivity contribution < 1.29 is 19.4 Å². The van der Waals surface area contributed by atoms with Crippen molar-refractivity contribution in [3.05, 3.63) is 48.0 Å². The molecule has 0 spiro atoms. The van der Waals surface area contributed by atoms with E-state index in [-0.39, 0.29) is 18.4 Å². The molecule has 5 heteroatoms. The van der Waals surface area contributed by atoms with Crippen molar-refractivity contribution >= 4 is 22.6 Å². The van der Waals surface area contributed by atoms with E-state index in [2.05, 4.69) is 5.32 Å². The molecular weight excluding hydrogens is 306 g/mol. The van der Waals surface area contributed by atoms with Crippen LogP contribution in [0, 0.1) is 11.8 Å². The lowest BCUT2D eigenvalue weighted by Gasteiger charge is -2.16. The highest BCUT2D eigenvalue weighted by molar-refractivity contribution is 5.86. The summed E-state index contributed by atoms with van der Waals surface area (Å²) in [5.74, 6) is -1.82. The number of carboxylic acid groups (broad SMARTS) is 1. The number of hydrogen-bond donors (Lipinski definition) is 2. The highest BCUT2D eigenvalue weighted by Gasteiger charge is 2.25. The first-order valence-electron chi connectivity index (χ1n) is 8.20. The molecule has 0 aromatic heterocycles. The van der Waals surface area contributed by atoms with Gasteiger partial charge in [0.25, 0.3) is 0 Å². The molecule has 3 rings (SSSR count). The summed E-state index contributed by atoms with van der Waals surface area (Å²) in [5, 5.41) is 14.4. The van der Waals surface area contributed by atoms with Gasteiger partial charge in [0.15, 0.2) is 0 Å². The van der Waals surface area contributed by atoms with Gasteiger partial charge in [-0.25, -0.2) is 0 Å². The van der Waals surface area contributed by atoms with Crippen molar-refractivity contribution in [2.75, 3.05) is 19.8 Å². The first-order chi connectivity index (χ1) is 11.6. The lowest BCUT2D eigenvalue weighted by molar-refractivity contribution is -0.141. The lowest BCUT2D eigenvalue weighted by atomic mass is 9.94. The molecule has 1 aliphatic rings. The number of benzene rings is 2. The molecule has 0 radical (unpaired) electrons. The monoisotopic (exact) mass is 327 g/mol. The van der Waals surface area contributed by atoms with Crippen molar-refractivity contribution in [3.8, 4) is 0 Å². The van der Waals surface area contributed by atoms with E-state index in [4.69, 9.17) is 4.74 Å². The van der Waals surface area contributed by atoms with Crippen molar-refractivity contribution in [3.63, 3.8) is 0 Å². The molecule has 2 aromatic carbocycles. The first-order valence-corrected chi connectivity index (χ1v) is 8.20. The van der Waals surface area contributed by atoms with Crippen LogP contribution >= 0.6 is 0 Å². The van der Waals surface area contributed by atoms with Crippen LogP contribution in [0.2, 0.25) is 0 Å². The molecule has 126 valence electrons. The average Bonchev–Trinajstić information content (AvgIpc) is 3.13. The van der Waals surface area contributed by atoms with Crippen LogP contribution < -0.4 is 5.32 Å². The maximum absolute atomic E-state index is 12.1. The van der Waals surface area contributed by atoms with Crippen LogP contribution in [0.3, 0.4) is 0 Å². The molecule has 1 saturated heterocycles. The predicted molar refractivity (Wildman–Crippen MR) is 90.7 cm³/mol. The van der Waals surface area contributed by atoms with Gasteiger partial charge < -0.3 is 15.2 Å². The maximum Gasteiger partial charge on any atom is 0.308 e. The minimum atomic E-state index is -0.897. The Balaban J connectivity index is 1.69. The molecule has 0 saturated carbocycles. The van der Waals surface area contributed by atoms with E-state index < -0.39 is 11.9 Å². The normalized spacial score (nSPS) is 18.4. The molecule has 2 atom stereocenters. The Morgan fingerprint density at radius 1 is 1.21 bits per heavy atom. The summed E-state index contributed by atoms with van der Waals surface area (Å²) in [6.07, 6.45) is 1.09. The van der Waals surface area contributed by atoms with E-state index in [9.17, 15) is 14.7 Å². The number of carbonyl (C=O) groups excluding carboxylic acids is 1. The summed E-state index contributed by atoms with van der Waals surface area (Å²) >= 11 is 0. The number of hydrogen-bond acceptors (Lipinski definition) is 3. The zero-order valence-corrected chi connectivity index (χ0v) is 13.4. The fourth-order valence-corrected chi connectivity index (χ4v) is 3.09. The van der Waals surface area contributed by atoms with Gasteiger partial charge in [0, 0.05) is 13.2 Å². The molecular formula is C19H21NO4. The molecule has 1 aliphatic heterocycles. The first kappa shape index (κ1) is 16.5. The molecule has 2 unspecified atom stereocenters. The molecule has 0 aliphatic carbocycles. The van der Waals surface area contributed by atoms with Crippen LogP contribution in [0.4, 0.5) is 0 Å². The van der Waals surface area contributed by atoms with E-state index in [0.29, 0.717) is 26.1 Å². The quantitative estimate of drug-likeness (QED) is 0.853. The Morgan fingerprint density at radius 3 is 2.75 bits per heavy atom. The van der Waals surface area contributed by atoms with E-state index in [1.807, 2.05) is 42.5 Å².